The van der Waals surface area contributed by atoms with Gasteiger partial charge in [-0.1, -0.05) is 6.92 Å². The predicted octanol–water partition coefficient (Wildman–Crippen LogP) is -3.05. The maximum atomic E-state index is 14.2. The van der Waals surface area contributed by atoms with Crippen molar-refractivity contribution in [2.75, 3.05) is 72.5 Å². The van der Waals surface area contributed by atoms with Crippen molar-refractivity contribution in [1.29, 1.82) is 0 Å². The molecule has 0 aromatic rings. The first-order chi connectivity index (χ1) is 45.7. The SMILES string of the molecule is C=P(O)(OC[C@@H]1C[C@@H](OP(=C)(O)OC[C@@H]2C[C@@H](OC(C)(C)C)CN2C(=O)CCCCOC2OC(CO)C(O)C(O)C2NC(C)=O)CN1C(=O)CCCCOC1OC(CO)C(O)C(O)C1NC(C)=O)O[C@@H]1C[C@@H](CC)N(C(=O)CCCCOC2OC(CO)C(O)C(O)C2NC(C)=O)C1. The third kappa shape index (κ3) is 24.6. The molecule has 0 radical (unpaired) electrons. The first-order valence-electron chi connectivity index (χ1n) is 33.4. The van der Waals surface area contributed by atoms with E-state index in [1.54, 1.807) is 9.80 Å². The van der Waals surface area contributed by atoms with Gasteiger partial charge in [-0.15, -0.1) is 0 Å². The van der Waals surface area contributed by atoms with Gasteiger partial charge in [0.2, 0.25) is 50.6 Å². The molecule has 560 valence electrons. The molecule has 0 bridgehead atoms. The Kier molecular flexibility index (Phi) is 32.5. The summed E-state index contributed by atoms with van der Waals surface area (Å²) in [4.78, 5) is 106. The Morgan fingerprint density at radius 2 is 0.784 bits per heavy atom. The number of amides is 6. The van der Waals surface area contributed by atoms with Crippen LogP contribution in [-0.4, -0.2) is 325 Å². The van der Waals surface area contributed by atoms with Gasteiger partial charge in [-0.05, 0) is 97.6 Å². The summed E-state index contributed by atoms with van der Waals surface area (Å²) < 4.78 is 65.1. The minimum atomic E-state index is -3.99. The Balaban J connectivity index is 1.05. The molecule has 0 spiro atoms. The van der Waals surface area contributed by atoms with Gasteiger partial charge >= 0.3 is 0 Å². The smallest absolute Gasteiger partial charge is 0.248 e. The molecular weight excluding hydrogens is 1330 g/mol. The highest BCUT2D eigenvalue weighted by atomic mass is 31.2. The molecule has 0 aromatic carbocycles. The zero-order chi connectivity index (χ0) is 71.7. The summed E-state index contributed by atoms with van der Waals surface area (Å²) in [6, 6.07) is -5.06. The number of aliphatic hydroxyl groups excluding tert-OH is 9. The van der Waals surface area contributed by atoms with Crippen molar-refractivity contribution in [2.24, 2.45) is 0 Å². The van der Waals surface area contributed by atoms with Crippen molar-refractivity contribution in [3.63, 3.8) is 0 Å². The number of hydrogen-bond donors (Lipinski definition) is 14. The third-order valence-corrected chi connectivity index (χ3v) is 20.0. The molecule has 14 N–H and O–H groups in total. The second-order valence-corrected chi connectivity index (χ2v) is 30.2. The molecule has 34 nitrogen and oxygen atoms in total. The number of likely N-dealkylation sites (tertiary alicyclic amines) is 3. The molecule has 97 heavy (non-hydrogen) atoms. The molecule has 0 aliphatic carbocycles. The fraction of sp³-hybridized carbons (Fsp3) is 0.869. The lowest BCUT2D eigenvalue weighted by atomic mass is 9.97. The Hall–Kier alpha value is -3.46. The highest BCUT2D eigenvalue weighted by Crippen LogP contribution is 2.49. The van der Waals surface area contributed by atoms with Crippen LogP contribution in [0.1, 0.15) is 132 Å². The number of ether oxygens (including phenoxy) is 7. The lowest BCUT2D eigenvalue weighted by Crippen LogP contribution is -2.64. The van der Waals surface area contributed by atoms with E-state index in [-0.39, 0.29) is 115 Å². The maximum Gasteiger partial charge on any atom is 0.248 e. The van der Waals surface area contributed by atoms with Gasteiger partial charge in [0.1, 0.15) is 73.1 Å². The van der Waals surface area contributed by atoms with E-state index >= 15 is 0 Å². The second-order valence-electron chi connectivity index (χ2n) is 26.7. The van der Waals surface area contributed by atoms with Crippen molar-refractivity contribution in [1.82, 2.24) is 30.7 Å². The number of carbonyl (C=O) groups is 6. The number of unbranched alkanes of at least 4 members (excludes halogenated alkanes) is 3. The van der Waals surface area contributed by atoms with Gasteiger partial charge in [-0.2, -0.15) is 0 Å². The van der Waals surface area contributed by atoms with E-state index in [2.05, 4.69) is 28.5 Å². The van der Waals surface area contributed by atoms with Crippen LogP contribution >= 0.6 is 15.1 Å². The average Bonchev–Trinajstić information content (AvgIpc) is 1.76. The number of aliphatic hydroxyl groups is 9. The molecule has 0 saturated carbocycles. The van der Waals surface area contributed by atoms with Crippen LogP contribution in [0.15, 0.2) is 0 Å². The lowest BCUT2D eigenvalue weighted by molar-refractivity contribution is -0.270. The molecule has 6 aliphatic rings. The van der Waals surface area contributed by atoms with Gasteiger partial charge in [-0.3, -0.25) is 28.8 Å². The fourth-order valence-corrected chi connectivity index (χ4v) is 15.1. The topological polar surface area (TPSA) is 472 Å². The van der Waals surface area contributed by atoms with Crippen molar-refractivity contribution in [2.45, 2.75) is 266 Å². The number of nitrogens with zero attached hydrogens (tertiary/aromatic N) is 3. The largest absolute Gasteiger partial charge is 0.394 e. The minimum Gasteiger partial charge on any atom is -0.394 e. The Morgan fingerprint density at radius 3 is 1.08 bits per heavy atom. The maximum absolute atomic E-state index is 14.2. The summed E-state index contributed by atoms with van der Waals surface area (Å²) in [7, 11) is -7.92. The molecular formula is C61H108N6O28P2. The van der Waals surface area contributed by atoms with Crippen LogP contribution in [0.3, 0.4) is 0 Å². The van der Waals surface area contributed by atoms with Crippen LogP contribution in [0.25, 0.3) is 0 Å². The van der Waals surface area contributed by atoms with E-state index in [4.69, 9.17) is 51.3 Å². The number of rotatable bonds is 36. The number of nitrogens with one attached hydrogen (secondary N) is 3. The molecule has 6 heterocycles. The molecule has 6 amide bonds. The molecule has 6 fully saturated rings. The zero-order valence-electron chi connectivity index (χ0n) is 56.6. The van der Waals surface area contributed by atoms with Gasteiger partial charge in [0.25, 0.3) is 0 Å². The molecule has 17 unspecified atom stereocenters. The van der Waals surface area contributed by atoms with Gasteiger partial charge < -0.3 is 138 Å². The minimum absolute atomic E-state index is 0.0293. The van der Waals surface area contributed by atoms with Crippen molar-refractivity contribution in [3.8, 4) is 0 Å². The van der Waals surface area contributed by atoms with Crippen LogP contribution in [0.5, 0.6) is 0 Å². The van der Waals surface area contributed by atoms with Crippen LogP contribution in [0.2, 0.25) is 0 Å². The van der Waals surface area contributed by atoms with Crippen LogP contribution < -0.4 is 16.0 Å². The first-order valence-corrected chi connectivity index (χ1v) is 36.9. The molecule has 36 heteroatoms. The normalized spacial score (nSPS) is 34.5. The van der Waals surface area contributed by atoms with Gasteiger partial charge in [-0.25, -0.2) is 0 Å². The summed E-state index contributed by atoms with van der Waals surface area (Å²) in [5.74, 6) is -2.35. The Morgan fingerprint density at radius 1 is 0.485 bits per heavy atom. The van der Waals surface area contributed by atoms with Crippen LogP contribution in [0.4, 0.5) is 0 Å². The van der Waals surface area contributed by atoms with Crippen molar-refractivity contribution >= 4 is 63.2 Å². The molecule has 6 rings (SSSR count). The highest BCUT2D eigenvalue weighted by molar-refractivity contribution is 7.58. The Labute approximate surface area is 566 Å². The second kappa shape index (κ2) is 38.2. The monoisotopic (exact) mass is 1430 g/mol. The zero-order valence-corrected chi connectivity index (χ0v) is 58.4. The van der Waals surface area contributed by atoms with E-state index in [1.807, 2.05) is 27.7 Å². The van der Waals surface area contributed by atoms with E-state index in [9.17, 15) is 84.5 Å². The summed E-state index contributed by atoms with van der Waals surface area (Å²) in [6.45, 7) is 9.12. The number of hydrogen-bond acceptors (Lipinski definition) is 28. The van der Waals surface area contributed by atoms with E-state index in [1.165, 1.54) is 25.7 Å². The van der Waals surface area contributed by atoms with Crippen molar-refractivity contribution < 1.29 is 136 Å². The first kappa shape index (κ1) is 82.5. The van der Waals surface area contributed by atoms with Gasteiger partial charge in [0.05, 0.1) is 69.0 Å². The summed E-state index contributed by atoms with van der Waals surface area (Å²) in [5, 5.41) is 99.7. The number of carbonyl (C=O) groups excluding carboxylic acids is 6. The molecule has 6 aliphatic heterocycles. The average molecular weight is 1440 g/mol. The van der Waals surface area contributed by atoms with Gasteiger partial charge in [0, 0.05) is 85.5 Å². The van der Waals surface area contributed by atoms with E-state index < -0.39 is 181 Å². The third-order valence-electron chi connectivity index (χ3n) is 17.6. The molecule has 23 atom stereocenters. The lowest BCUT2D eigenvalue weighted by Gasteiger charge is -2.42. The van der Waals surface area contributed by atoms with Gasteiger partial charge in [0.15, 0.2) is 18.9 Å². The molecule has 0 aromatic heterocycles. The molecule has 6 saturated heterocycles. The quantitative estimate of drug-likeness (QED) is 0.0219. The highest BCUT2D eigenvalue weighted by Gasteiger charge is 2.49. The fourth-order valence-electron chi connectivity index (χ4n) is 12.9. The van der Waals surface area contributed by atoms with E-state index in [0.29, 0.717) is 44.9 Å². The Bertz CT molecular complexity index is 2640. The van der Waals surface area contributed by atoms with Crippen LogP contribution in [-0.2, 0) is 80.0 Å². The summed E-state index contributed by atoms with van der Waals surface area (Å²) >= 11 is 0. The van der Waals surface area contributed by atoms with E-state index in [0.717, 1.165) is 0 Å². The summed E-state index contributed by atoms with van der Waals surface area (Å²) in [5.41, 5.74) is -0.579. The predicted molar refractivity (Wildman–Crippen MR) is 345 cm³/mol. The van der Waals surface area contributed by atoms with Crippen LogP contribution in [0, 0.1) is 0 Å². The summed E-state index contributed by atoms with van der Waals surface area (Å²) in [6.07, 6.45) is -6.98. The standard InChI is InChI=1S/C61H108N6O28P2/c1-10-37-23-41(27-65(37)46(74)17-11-14-20-85-58-49(62-34(2)71)55(80)52(77)43(29-68)90-58)94-96(8,83)89-33-39-25-42(28-67(39)48(76)19-13-16-22-87-60-51(64-36(4)73)57(82)54(79)45(31-70)92-60)95-97(9,84)88-32-38-24-40(93-61(5,6)7)26-66(38)47(75)18-12-15-21-86-59-50(63-35(3)72)56(81)53(78)44(30-69)91-59/h37-45,49-60,68-70,77-84H,8-33H2,1-7H3,(H,62,71)(H,63,72)(H,64,73)/t37-,38+,39+,40-,41-,42-,43?,44?,45?,49?,50?,51?,52?,53?,54?,55?,56?,57?,58?,59?,60?,96?,97?/m1/s1. The van der Waals surface area contributed by atoms with Crippen molar-refractivity contribution in [3.05, 3.63) is 0 Å².